The van der Waals surface area contributed by atoms with Crippen molar-refractivity contribution in [1.82, 2.24) is 10.3 Å². The highest BCUT2D eigenvalue weighted by atomic mass is 35.5. The highest BCUT2D eigenvalue weighted by molar-refractivity contribution is 6.31. The molecule has 0 aliphatic rings. The zero-order valence-electron chi connectivity index (χ0n) is 9.28. The van der Waals surface area contributed by atoms with Crippen molar-refractivity contribution in [3.8, 4) is 0 Å². The summed E-state index contributed by atoms with van der Waals surface area (Å²) < 4.78 is 5.10. The van der Waals surface area contributed by atoms with Gasteiger partial charge in [-0.1, -0.05) is 11.6 Å². The molecule has 1 N–H and O–H groups in total. The molecule has 0 amide bonds. The zero-order valence-corrected chi connectivity index (χ0v) is 10.8. The topological polar surface area (TPSA) is 38.1 Å². The molecule has 2 aromatic heterocycles. The van der Waals surface area contributed by atoms with Crippen molar-refractivity contribution in [2.75, 3.05) is 7.05 Å². The minimum atomic E-state index is 0.0705. The van der Waals surface area contributed by atoms with Crippen molar-refractivity contribution in [3.63, 3.8) is 0 Å². The molecule has 1 atom stereocenters. The van der Waals surface area contributed by atoms with Crippen molar-refractivity contribution >= 4 is 23.2 Å². The maximum Gasteiger partial charge on any atom is 0.197 e. The lowest BCUT2D eigenvalue weighted by Crippen LogP contribution is -2.18. The molecule has 90 valence electrons. The molecular weight excluding hydrogens is 259 g/mol. The average molecular weight is 271 g/mol. The standard InChI is InChI=1S/C12H12Cl2N2O/c1-15-11(9-3-5-17-12(9)14)6-8-2-4-16-7-10(8)13/h2-5,7,11,15H,6H2,1H3. The van der Waals surface area contributed by atoms with Gasteiger partial charge in [0.05, 0.1) is 11.3 Å². The third-order valence-corrected chi connectivity index (χ3v) is 3.30. The Morgan fingerprint density at radius 2 is 2.24 bits per heavy atom. The van der Waals surface area contributed by atoms with Gasteiger partial charge in [0.2, 0.25) is 0 Å². The second kappa shape index (κ2) is 5.54. The molecule has 0 saturated carbocycles. The van der Waals surface area contributed by atoms with Crippen LogP contribution in [0.4, 0.5) is 0 Å². The Morgan fingerprint density at radius 1 is 1.41 bits per heavy atom. The largest absolute Gasteiger partial charge is 0.453 e. The van der Waals surface area contributed by atoms with Crippen LogP contribution in [0.25, 0.3) is 0 Å². The summed E-state index contributed by atoms with van der Waals surface area (Å²) in [5.41, 5.74) is 1.96. The number of rotatable bonds is 4. The van der Waals surface area contributed by atoms with Crippen LogP contribution in [0.1, 0.15) is 17.2 Å². The Morgan fingerprint density at radius 3 is 2.82 bits per heavy atom. The van der Waals surface area contributed by atoms with E-state index in [2.05, 4.69) is 10.3 Å². The molecule has 0 spiro atoms. The normalized spacial score (nSPS) is 12.6. The molecule has 0 aliphatic heterocycles. The Balaban J connectivity index is 2.22. The Kier molecular flexibility index (Phi) is 4.05. The fraction of sp³-hybridized carbons (Fsp3) is 0.250. The van der Waals surface area contributed by atoms with Gasteiger partial charge < -0.3 is 9.73 Å². The van der Waals surface area contributed by atoms with E-state index in [9.17, 15) is 0 Å². The van der Waals surface area contributed by atoms with Gasteiger partial charge >= 0.3 is 0 Å². The minimum Gasteiger partial charge on any atom is -0.453 e. The maximum absolute atomic E-state index is 6.08. The van der Waals surface area contributed by atoms with E-state index in [1.807, 2.05) is 19.2 Å². The number of hydrogen-bond donors (Lipinski definition) is 1. The van der Waals surface area contributed by atoms with Crippen LogP contribution in [-0.4, -0.2) is 12.0 Å². The van der Waals surface area contributed by atoms with Crippen molar-refractivity contribution < 1.29 is 4.42 Å². The summed E-state index contributed by atoms with van der Waals surface area (Å²) in [7, 11) is 1.88. The van der Waals surface area contributed by atoms with Crippen LogP contribution in [0.2, 0.25) is 10.2 Å². The number of hydrogen-bond acceptors (Lipinski definition) is 3. The molecule has 2 rings (SSSR count). The molecule has 0 saturated heterocycles. The summed E-state index contributed by atoms with van der Waals surface area (Å²) >= 11 is 12.0. The molecule has 1 unspecified atom stereocenters. The van der Waals surface area contributed by atoms with Crippen LogP contribution in [0.3, 0.4) is 0 Å². The quantitative estimate of drug-likeness (QED) is 0.925. The van der Waals surface area contributed by atoms with Crippen molar-refractivity contribution in [2.24, 2.45) is 0 Å². The summed E-state index contributed by atoms with van der Waals surface area (Å²) in [6, 6.07) is 3.83. The van der Waals surface area contributed by atoms with Gasteiger partial charge in [0, 0.05) is 24.0 Å². The van der Waals surface area contributed by atoms with Gasteiger partial charge in [0.1, 0.15) is 0 Å². The lowest BCUT2D eigenvalue weighted by atomic mass is 10.0. The molecule has 0 radical (unpaired) electrons. The van der Waals surface area contributed by atoms with Crippen LogP contribution in [0.5, 0.6) is 0 Å². The fourth-order valence-corrected chi connectivity index (χ4v) is 2.15. The Hall–Kier alpha value is -1.03. The molecule has 0 aromatic carbocycles. The predicted molar refractivity (Wildman–Crippen MR) is 68.5 cm³/mol. The maximum atomic E-state index is 6.08. The molecule has 0 aliphatic carbocycles. The van der Waals surface area contributed by atoms with Crippen LogP contribution in [0.15, 0.2) is 35.2 Å². The van der Waals surface area contributed by atoms with E-state index in [1.54, 1.807) is 18.7 Å². The van der Waals surface area contributed by atoms with E-state index in [-0.39, 0.29) is 6.04 Å². The number of nitrogens with zero attached hydrogens (tertiary/aromatic N) is 1. The molecule has 0 bridgehead atoms. The second-order valence-electron chi connectivity index (χ2n) is 3.66. The lowest BCUT2D eigenvalue weighted by Gasteiger charge is -2.15. The van der Waals surface area contributed by atoms with Gasteiger partial charge in [0.25, 0.3) is 0 Å². The molecule has 2 aromatic rings. The van der Waals surface area contributed by atoms with Crippen molar-refractivity contribution in [2.45, 2.75) is 12.5 Å². The van der Waals surface area contributed by atoms with Crippen LogP contribution < -0.4 is 5.32 Å². The van der Waals surface area contributed by atoms with Crippen molar-refractivity contribution in [3.05, 3.63) is 52.2 Å². The first-order valence-electron chi connectivity index (χ1n) is 5.21. The number of pyridine rings is 1. The van der Waals surface area contributed by atoms with E-state index in [4.69, 9.17) is 27.6 Å². The van der Waals surface area contributed by atoms with E-state index < -0.39 is 0 Å². The van der Waals surface area contributed by atoms with E-state index in [0.29, 0.717) is 10.2 Å². The summed E-state index contributed by atoms with van der Waals surface area (Å²) in [4.78, 5) is 3.96. The average Bonchev–Trinajstić information content (AvgIpc) is 2.75. The zero-order chi connectivity index (χ0) is 12.3. The summed E-state index contributed by atoms with van der Waals surface area (Å²) in [6.07, 6.45) is 5.68. The first-order valence-corrected chi connectivity index (χ1v) is 5.96. The van der Waals surface area contributed by atoms with Gasteiger partial charge in [-0.2, -0.15) is 0 Å². The smallest absolute Gasteiger partial charge is 0.197 e. The van der Waals surface area contributed by atoms with Gasteiger partial charge in [-0.25, -0.2) is 0 Å². The first-order chi connectivity index (χ1) is 8.22. The monoisotopic (exact) mass is 270 g/mol. The Bertz CT molecular complexity index is 499. The predicted octanol–water partition coefficient (Wildman–Crippen LogP) is 3.48. The molecule has 0 fully saturated rings. The SMILES string of the molecule is CNC(Cc1ccncc1Cl)c1ccoc1Cl. The summed E-state index contributed by atoms with van der Waals surface area (Å²) in [5, 5.41) is 4.27. The molecule has 17 heavy (non-hydrogen) atoms. The van der Waals surface area contributed by atoms with Gasteiger partial charge in [-0.15, -0.1) is 0 Å². The van der Waals surface area contributed by atoms with E-state index in [1.165, 1.54) is 0 Å². The number of aromatic nitrogens is 1. The van der Waals surface area contributed by atoms with Gasteiger partial charge in [-0.05, 0) is 42.8 Å². The third kappa shape index (κ3) is 2.80. The summed E-state index contributed by atoms with van der Waals surface area (Å²) in [5.74, 6) is 0. The number of nitrogens with one attached hydrogen (secondary N) is 1. The van der Waals surface area contributed by atoms with Crippen LogP contribution >= 0.6 is 23.2 Å². The lowest BCUT2D eigenvalue weighted by molar-refractivity contribution is 0.544. The highest BCUT2D eigenvalue weighted by Crippen LogP contribution is 2.28. The van der Waals surface area contributed by atoms with Crippen molar-refractivity contribution in [1.29, 1.82) is 0 Å². The highest BCUT2D eigenvalue weighted by Gasteiger charge is 2.16. The number of likely N-dealkylation sites (N-methyl/N-ethyl adjacent to an activating group) is 1. The molecule has 5 heteroatoms. The van der Waals surface area contributed by atoms with Crippen LogP contribution in [0, 0.1) is 0 Å². The second-order valence-corrected chi connectivity index (χ2v) is 4.41. The molecule has 3 nitrogen and oxygen atoms in total. The Labute approximate surface area is 110 Å². The minimum absolute atomic E-state index is 0.0705. The molecular formula is C12H12Cl2N2O. The third-order valence-electron chi connectivity index (χ3n) is 2.65. The summed E-state index contributed by atoms with van der Waals surface area (Å²) in [6.45, 7) is 0. The van der Waals surface area contributed by atoms with Gasteiger partial charge in [-0.3, -0.25) is 4.98 Å². The van der Waals surface area contributed by atoms with Crippen LogP contribution in [-0.2, 0) is 6.42 Å². The van der Waals surface area contributed by atoms with Gasteiger partial charge in [0.15, 0.2) is 5.22 Å². The molecule has 2 heterocycles. The first kappa shape index (κ1) is 12.4. The van der Waals surface area contributed by atoms with E-state index in [0.717, 1.165) is 17.5 Å². The number of furan rings is 1. The van der Waals surface area contributed by atoms with E-state index >= 15 is 0 Å². The fourth-order valence-electron chi connectivity index (χ4n) is 1.71. The number of halogens is 2.